The molecule has 3 aromatic carbocycles. The standard InChI is InChI=1S/C27H26F2N2O3/c1-2-11-34-26-10-7-17(22-14-19(28)8-9-24(22)29)13-23(26)27(33)31-20(16-32)12-18-15-30-25-6-4-3-5-21(18)25/h3-10,13-15,20,30,32H,2,11-12,16H2,1H3,(H,31,33)/t20-/m1/s1. The van der Waals surface area contributed by atoms with Crippen LogP contribution in [0.1, 0.15) is 29.3 Å². The number of halogens is 2. The molecule has 0 spiro atoms. The van der Waals surface area contributed by atoms with Crippen LogP contribution in [0, 0.1) is 11.6 Å². The number of para-hydroxylation sites is 1. The zero-order chi connectivity index (χ0) is 24.1. The zero-order valence-corrected chi connectivity index (χ0v) is 18.8. The van der Waals surface area contributed by atoms with Crippen molar-refractivity contribution in [2.24, 2.45) is 0 Å². The Kier molecular flexibility index (Phi) is 7.23. The first-order valence-corrected chi connectivity index (χ1v) is 11.2. The Balaban J connectivity index is 1.62. The molecule has 1 heterocycles. The molecule has 0 saturated heterocycles. The molecule has 34 heavy (non-hydrogen) atoms. The molecule has 0 saturated carbocycles. The molecule has 4 rings (SSSR count). The molecule has 0 aliphatic carbocycles. The van der Waals surface area contributed by atoms with Crippen molar-refractivity contribution < 1.29 is 23.4 Å². The molecule has 4 aromatic rings. The number of nitrogens with one attached hydrogen (secondary N) is 2. The van der Waals surface area contributed by atoms with E-state index in [-0.39, 0.29) is 17.7 Å². The molecule has 3 N–H and O–H groups in total. The minimum atomic E-state index is -0.595. The third-order valence-corrected chi connectivity index (χ3v) is 5.62. The molecule has 0 fully saturated rings. The molecule has 0 unspecified atom stereocenters. The molecular weight excluding hydrogens is 438 g/mol. The van der Waals surface area contributed by atoms with Crippen molar-refractivity contribution in [2.75, 3.05) is 13.2 Å². The second-order valence-corrected chi connectivity index (χ2v) is 8.10. The predicted molar refractivity (Wildman–Crippen MR) is 128 cm³/mol. The van der Waals surface area contributed by atoms with Crippen LogP contribution in [0.25, 0.3) is 22.0 Å². The van der Waals surface area contributed by atoms with Crippen molar-refractivity contribution in [1.29, 1.82) is 0 Å². The number of aromatic amines is 1. The number of aromatic nitrogens is 1. The predicted octanol–water partition coefficient (Wildman–Crippen LogP) is 5.24. The summed E-state index contributed by atoms with van der Waals surface area (Å²) in [5, 5.41) is 13.8. The maximum Gasteiger partial charge on any atom is 0.255 e. The first kappa shape index (κ1) is 23.4. The highest BCUT2D eigenvalue weighted by atomic mass is 19.1. The number of carbonyl (C=O) groups is 1. The summed E-state index contributed by atoms with van der Waals surface area (Å²) in [6.45, 7) is 2.07. The van der Waals surface area contributed by atoms with E-state index in [1.54, 1.807) is 12.1 Å². The Labute approximate surface area is 196 Å². The van der Waals surface area contributed by atoms with E-state index in [4.69, 9.17) is 4.74 Å². The van der Waals surface area contributed by atoms with E-state index in [1.807, 2.05) is 37.4 Å². The van der Waals surface area contributed by atoms with Crippen LogP contribution in [0.5, 0.6) is 5.75 Å². The summed E-state index contributed by atoms with van der Waals surface area (Å²) in [6.07, 6.45) is 3.01. The van der Waals surface area contributed by atoms with Crippen LogP contribution in [0.2, 0.25) is 0 Å². The molecule has 1 amide bonds. The summed E-state index contributed by atoms with van der Waals surface area (Å²) < 4.78 is 33.8. The minimum Gasteiger partial charge on any atom is -0.493 e. The number of ether oxygens (including phenoxy) is 1. The van der Waals surface area contributed by atoms with Gasteiger partial charge < -0.3 is 20.1 Å². The van der Waals surface area contributed by atoms with Crippen LogP contribution in [-0.2, 0) is 6.42 Å². The number of aliphatic hydroxyl groups is 1. The molecule has 5 nitrogen and oxygen atoms in total. The number of benzene rings is 3. The van der Waals surface area contributed by atoms with Crippen LogP contribution >= 0.6 is 0 Å². The Morgan fingerprint density at radius 2 is 1.94 bits per heavy atom. The Morgan fingerprint density at radius 3 is 2.74 bits per heavy atom. The van der Waals surface area contributed by atoms with E-state index in [2.05, 4.69) is 10.3 Å². The van der Waals surface area contributed by atoms with Crippen LogP contribution in [-0.4, -0.2) is 35.3 Å². The fraction of sp³-hybridized carbons (Fsp3) is 0.222. The Hall–Kier alpha value is -3.71. The van der Waals surface area contributed by atoms with Gasteiger partial charge in [-0.25, -0.2) is 8.78 Å². The molecule has 0 aliphatic heterocycles. The lowest BCUT2D eigenvalue weighted by Gasteiger charge is -2.18. The van der Waals surface area contributed by atoms with Crippen molar-refractivity contribution in [1.82, 2.24) is 10.3 Å². The van der Waals surface area contributed by atoms with E-state index < -0.39 is 23.6 Å². The number of hydrogen-bond acceptors (Lipinski definition) is 3. The monoisotopic (exact) mass is 464 g/mol. The first-order valence-electron chi connectivity index (χ1n) is 11.2. The average molecular weight is 465 g/mol. The smallest absolute Gasteiger partial charge is 0.255 e. The molecule has 1 atom stereocenters. The van der Waals surface area contributed by atoms with Crippen LogP contribution in [0.15, 0.2) is 66.9 Å². The van der Waals surface area contributed by atoms with Gasteiger partial charge >= 0.3 is 0 Å². The van der Waals surface area contributed by atoms with Gasteiger partial charge in [0.05, 0.1) is 24.8 Å². The van der Waals surface area contributed by atoms with Crippen LogP contribution in [0.4, 0.5) is 8.78 Å². The quantitative estimate of drug-likeness (QED) is 0.317. The van der Waals surface area contributed by atoms with Crippen molar-refractivity contribution in [2.45, 2.75) is 25.8 Å². The van der Waals surface area contributed by atoms with E-state index >= 15 is 0 Å². The maximum absolute atomic E-state index is 14.4. The highest BCUT2D eigenvalue weighted by Gasteiger charge is 2.20. The van der Waals surface area contributed by atoms with E-state index in [9.17, 15) is 18.7 Å². The fourth-order valence-electron chi connectivity index (χ4n) is 3.92. The van der Waals surface area contributed by atoms with Crippen molar-refractivity contribution in [3.05, 3.63) is 89.6 Å². The first-order chi connectivity index (χ1) is 16.5. The fourth-order valence-corrected chi connectivity index (χ4v) is 3.92. The zero-order valence-electron chi connectivity index (χ0n) is 18.8. The van der Waals surface area contributed by atoms with Crippen molar-refractivity contribution in [3.8, 4) is 16.9 Å². The second kappa shape index (κ2) is 10.5. The third-order valence-electron chi connectivity index (χ3n) is 5.62. The molecule has 0 bridgehead atoms. The van der Waals surface area contributed by atoms with Gasteiger partial charge in [0.1, 0.15) is 17.4 Å². The third kappa shape index (κ3) is 5.10. The Morgan fingerprint density at radius 1 is 1.12 bits per heavy atom. The lowest BCUT2D eigenvalue weighted by atomic mass is 10.0. The van der Waals surface area contributed by atoms with Crippen LogP contribution in [0.3, 0.4) is 0 Å². The van der Waals surface area contributed by atoms with Crippen LogP contribution < -0.4 is 10.1 Å². The van der Waals surface area contributed by atoms with Gasteiger partial charge in [-0.1, -0.05) is 31.2 Å². The maximum atomic E-state index is 14.4. The summed E-state index contributed by atoms with van der Waals surface area (Å²) >= 11 is 0. The van der Waals surface area contributed by atoms with Gasteiger partial charge in [-0.2, -0.15) is 0 Å². The molecule has 7 heteroatoms. The van der Waals surface area contributed by atoms with E-state index in [1.165, 1.54) is 6.07 Å². The van der Waals surface area contributed by atoms with Gasteiger partial charge in [-0.05, 0) is 60.4 Å². The molecule has 0 aliphatic rings. The molecule has 0 radical (unpaired) electrons. The highest BCUT2D eigenvalue weighted by Crippen LogP contribution is 2.29. The number of amides is 1. The van der Waals surface area contributed by atoms with E-state index in [0.29, 0.717) is 24.3 Å². The number of H-pyrrole nitrogens is 1. The van der Waals surface area contributed by atoms with Gasteiger partial charge in [-0.15, -0.1) is 0 Å². The molecular formula is C27H26F2N2O3. The number of fused-ring (bicyclic) bond motifs is 1. The van der Waals surface area contributed by atoms with E-state index in [0.717, 1.165) is 41.1 Å². The Bertz CT molecular complexity index is 1300. The van der Waals surface area contributed by atoms with Gasteiger partial charge in [0.15, 0.2) is 0 Å². The number of carbonyl (C=O) groups excluding carboxylic acids is 1. The van der Waals surface area contributed by atoms with Gasteiger partial charge in [-0.3, -0.25) is 4.79 Å². The summed E-state index contributed by atoms with van der Waals surface area (Å²) in [4.78, 5) is 16.4. The number of aliphatic hydroxyl groups excluding tert-OH is 1. The highest BCUT2D eigenvalue weighted by molar-refractivity contribution is 5.98. The van der Waals surface area contributed by atoms with Gasteiger partial charge in [0, 0.05) is 22.7 Å². The number of hydrogen-bond donors (Lipinski definition) is 3. The van der Waals surface area contributed by atoms with Gasteiger partial charge in [0.2, 0.25) is 0 Å². The minimum absolute atomic E-state index is 0.0496. The van der Waals surface area contributed by atoms with Crippen molar-refractivity contribution >= 4 is 16.8 Å². The summed E-state index contributed by atoms with van der Waals surface area (Å²) in [5.74, 6) is -1.30. The normalized spacial score (nSPS) is 12.0. The summed E-state index contributed by atoms with van der Waals surface area (Å²) in [5.41, 5.74) is 2.53. The second-order valence-electron chi connectivity index (χ2n) is 8.10. The summed E-state index contributed by atoms with van der Waals surface area (Å²) in [6, 6.07) is 15.1. The molecule has 1 aromatic heterocycles. The average Bonchev–Trinajstić information content (AvgIpc) is 3.26. The van der Waals surface area contributed by atoms with Gasteiger partial charge in [0.25, 0.3) is 5.91 Å². The lowest BCUT2D eigenvalue weighted by molar-refractivity contribution is 0.0912. The largest absolute Gasteiger partial charge is 0.493 e. The van der Waals surface area contributed by atoms with Crippen molar-refractivity contribution in [3.63, 3.8) is 0 Å². The topological polar surface area (TPSA) is 74.3 Å². The number of rotatable bonds is 9. The SMILES string of the molecule is CCCOc1ccc(-c2cc(F)ccc2F)cc1C(=O)N[C@@H](CO)Cc1c[nH]c2ccccc12. The summed E-state index contributed by atoms with van der Waals surface area (Å²) in [7, 11) is 0. The molecule has 176 valence electrons. The lowest BCUT2D eigenvalue weighted by Crippen LogP contribution is -2.39.